The van der Waals surface area contributed by atoms with Crippen molar-refractivity contribution >= 4 is 17.5 Å². The first-order valence-corrected chi connectivity index (χ1v) is 8.12. The van der Waals surface area contributed by atoms with E-state index in [0.29, 0.717) is 17.2 Å². The van der Waals surface area contributed by atoms with E-state index in [9.17, 15) is 18.0 Å². The van der Waals surface area contributed by atoms with Gasteiger partial charge in [0.05, 0.1) is 11.6 Å². The molecule has 0 unspecified atom stereocenters. The summed E-state index contributed by atoms with van der Waals surface area (Å²) in [5.74, 6) is 0.387. The summed E-state index contributed by atoms with van der Waals surface area (Å²) >= 11 is 0. The molecule has 10 heteroatoms. The minimum atomic E-state index is -4.40. The number of alkyl halides is 3. The van der Waals surface area contributed by atoms with Gasteiger partial charge < -0.3 is 15.0 Å². The second kappa shape index (κ2) is 6.93. The molecule has 3 rings (SSSR count). The van der Waals surface area contributed by atoms with E-state index in [1.165, 1.54) is 30.6 Å². The maximum atomic E-state index is 12.8. The molecule has 2 heterocycles. The number of anilines is 2. The van der Waals surface area contributed by atoms with Gasteiger partial charge in [-0.05, 0) is 38.1 Å². The predicted octanol–water partition coefficient (Wildman–Crippen LogP) is 3.14. The lowest BCUT2D eigenvalue weighted by Gasteiger charge is -2.31. The fourth-order valence-electron chi connectivity index (χ4n) is 2.86. The Balaban J connectivity index is 1.72. The molecule has 1 aliphatic heterocycles. The van der Waals surface area contributed by atoms with Gasteiger partial charge in [-0.2, -0.15) is 23.3 Å². The monoisotopic (exact) mass is 381 g/mol. The van der Waals surface area contributed by atoms with Crippen molar-refractivity contribution in [1.82, 2.24) is 14.8 Å². The number of hydrogen-bond acceptors (Lipinski definition) is 5. The number of rotatable bonds is 4. The molecule has 2 aromatic rings. The van der Waals surface area contributed by atoms with Gasteiger partial charge in [-0.3, -0.25) is 4.79 Å². The minimum absolute atomic E-state index is 0.0683. The van der Waals surface area contributed by atoms with Crippen molar-refractivity contribution in [2.24, 2.45) is 0 Å². The van der Waals surface area contributed by atoms with Crippen molar-refractivity contribution in [2.45, 2.75) is 26.1 Å². The molecule has 0 bridgehead atoms. The van der Waals surface area contributed by atoms with E-state index >= 15 is 0 Å². The number of benzene rings is 1. The second-order valence-corrected chi connectivity index (χ2v) is 6.12. The van der Waals surface area contributed by atoms with Crippen LogP contribution in [0.2, 0.25) is 0 Å². The average molecular weight is 381 g/mol. The quantitative estimate of drug-likeness (QED) is 0.881. The minimum Gasteiger partial charge on any atom is -0.484 e. The molecule has 1 amide bonds. The molecule has 1 aromatic heterocycles. The summed E-state index contributed by atoms with van der Waals surface area (Å²) < 4.78 is 42.9. The van der Waals surface area contributed by atoms with Crippen LogP contribution >= 0.6 is 0 Å². The molecule has 144 valence electrons. The highest BCUT2D eigenvalue weighted by molar-refractivity contribution is 6.05. The Morgan fingerprint density at radius 1 is 1.30 bits per heavy atom. The van der Waals surface area contributed by atoms with Gasteiger partial charge in [0.25, 0.3) is 5.91 Å². The lowest BCUT2D eigenvalue weighted by Crippen LogP contribution is -2.34. The van der Waals surface area contributed by atoms with Crippen molar-refractivity contribution in [3.63, 3.8) is 0 Å². The molecule has 1 N–H and O–H groups in total. The fraction of sp³-hybridized carbons (Fsp3) is 0.353. The first-order chi connectivity index (χ1) is 12.7. The van der Waals surface area contributed by atoms with E-state index in [1.807, 2.05) is 13.8 Å². The molecule has 1 aliphatic rings. The topological polar surface area (TPSA) is 72.3 Å². The zero-order valence-electron chi connectivity index (χ0n) is 14.9. The lowest BCUT2D eigenvalue weighted by atomic mass is 10.0. The van der Waals surface area contributed by atoms with Crippen LogP contribution in [0.5, 0.6) is 5.75 Å². The third-order valence-corrected chi connectivity index (χ3v) is 4.29. The van der Waals surface area contributed by atoms with Gasteiger partial charge in [0.15, 0.2) is 6.61 Å². The standard InChI is InChI=1S/C17H18F3N5O2/c1-10-14(11(2)25-16(24(10)3)21-9-22-25)15(26)23-12-4-6-13(7-5-12)27-8-17(18,19)20/h4-7,9,11H,8H2,1-3H3,(H,23,26)/t11-/m0/s1. The van der Waals surface area contributed by atoms with Crippen molar-refractivity contribution < 1.29 is 22.7 Å². The van der Waals surface area contributed by atoms with Gasteiger partial charge >= 0.3 is 6.18 Å². The van der Waals surface area contributed by atoms with Gasteiger partial charge in [0, 0.05) is 18.4 Å². The Morgan fingerprint density at radius 2 is 1.96 bits per heavy atom. The molecule has 0 aliphatic carbocycles. The molecule has 0 radical (unpaired) electrons. The Hall–Kier alpha value is -3.04. The van der Waals surface area contributed by atoms with E-state index in [4.69, 9.17) is 0 Å². The lowest BCUT2D eigenvalue weighted by molar-refractivity contribution is -0.153. The number of aromatic nitrogens is 3. The molecule has 7 nitrogen and oxygen atoms in total. The SMILES string of the molecule is CC1=C(C(=O)Nc2ccc(OCC(F)(F)F)cc2)[C@H](C)n2ncnc2N1C. The van der Waals surface area contributed by atoms with Crippen LogP contribution in [0.4, 0.5) is 24.8 Å². The number of halogens is 3. The average Bonchev–Trinajstić information content (AvgIpc) is 3.09. The van der Waals surface area contributed by atoms with Gasteiger partial charge in [-0.1, -0.05) is 0 Å². The number of carbonyl (C=O) groups is 1. The predicted molar refractivity (Wildman–Crippen MR) is 92.5 cm³/mol. The smallest absolute Gasteiger partial charge is 0.422 e. The van der Waals surface area contributed by atoms with E-state index in [0.717, 1.165) is 5.70 Å². The molecule has 1 atom stereocenters. The van der Waals surface area contributed by atoms with Crippen LogP contribution in [0.1, 0.15) is 19.9 Å². The summed E-state index contributed by atoms with van der Waals surface area (Å²) in [6.45, 7) is 2.30. The van der Waals surface area contributed by atoms with Crippen LogP contribution in [-0.4, -0.2) is 40.5 Å². The number of allylic oxidation sites excluding steroid dienone is 1. The third kappa shape index (κ3) is 3.88. The molecular weight excluding hydrogens is 363 g/mol. The van der Waals surface area contributed by atoms with Gasteiger partial charge in [0.2, 0.25) is 5.95 Å². The number of ether oxygens (including phenoxy) is 1. The zero-order chi connectivity index (χ0) is 19.8. The maximum absolute atomic E-state index is 12.8. The summed E-state index contributed by atoms with van der Waals surface area (Å²) in [6, 6.07) is 5.39. The highest BCUT2D eigenvalue weighted by atomic mass is 19.4. The zero-order valence-corrected chi connectivity index (χ0v) is 14.9. The van der Waals surface area contributed by atoms with Gasteiger partial charge in [-0.15, -0.1) is 0 Å². The Morgan fingerprint density at radius 3 is 2.59 bits per heavy atom. The maximum Gasteiger partial charge on any atom is 0.422 e. The Kier molecular flexibility index (Phi) is 4.81. The van der Waals surface area contributed by atoms with Crippen molar-refractivity contribution in [2.75, 3.05) is 23.9 Å². The number of carbonyl (C=O) groups excluding carboxylic acids is 1. The summed E-state index contributed by atoms with van der Waals surface area (Å²) in [5, 5.41) is 6.91. The number of nitrogens with one attached hydrogen (secondary N) is 1. The first-order valence-electron chi connectivity index (χ1n) is 8.12. The van der Waals surface area contributed by atoms with Crippen LogP contribution < -0.4 is 15.0 Å². The van der Waals surface area contributed by atoms with E-state index in [2.05, 4.69) is 20.1 Å². The molecule has 0 fully saturated rings. The number of nitrogens with zero attached hydrogens (tertiary/aromatic N) is 4. The van der Waals surface area contributed by atoms with Crippen LogP contribution in [0.3, 0.4) is 0 Å². The van der Waals surface area contributed by atoms with Crippen LogP contribution in [-0.2, 0) is 4.79 Å². The second-order valence-electron chi connectivity index (χ2n) is 6.12. The van der Waals surface area contributed by atoms with Gasteiger partial charge in [-0.25, -0.2) is 4.68 Å². The van der Waals surface area contributed by atoms with Crippen molar-refractivity contribution in [3.05, 3.63) is 41.9 Å². The molecule has 0 spiro atoms. The third-order valence-electron chi connectivity index (χ3n) is 4.29. The fourth-order valence-corrected chi connectivity index (χ4v) is 2.86. The van der Waals surface area contributed by atoms with Crippen molar-refractivity contribution in [3.8, 4) is 5.75 Å². The van der Waals surface area contributed by atoms with Crippen LogP contribution in [0.25, 0.3) is 0 Å². The highest BCUT2D eigenvalue weighted by Crippen LogP contribution is 2.33. The van der Waals surface area contributed by atoms with Crippen LogP contribution in [0, 0.1) is 0 Å². The number of hydrogen-bond donors (Lipinski definition) is 1. The first kappa shape index (κ1) is 18.7. The van der Waals surface area contributed by atoms with Crippen molar-refractivity contribution in [1.29, 1.82) is 0 Å². The summed E-state index contributed by atoms with van der Waals surface area (Å²) in [4.78, 5) is 18.7. The van der Waals surface area contributed by atoms with E-state index < -0.39 is 12.8 Å². The largest absolute Gasteiger partial charge is 0.484 e. The van der Waals surface area contributed by atoms with Gasteiger partial charge in [0.1, 0.15) is 12.1 Å². The molecule has 0 saturated heterocycles. The Bertz CT molecular complexity index is 873. The summed E-state index contributed by atoms with van der Waals surface area (Å²) in [5.41, 5.74) is 1.71. The molecule has 1 aromatic carbocycles. The number of fused-ring (bicyclic) bond motifs is 1. The van der Waals surface area contributed by atoms with E-state index in [-0.39, 0.29) is 17.7 Å². The Labute approximate surface area is 153 Å². The molecule has 27 heavy (non-hydrogen) atoms. The summed E-state index contributed by atoms with van der Waals surface area (Å²) in [7, 11) is 1.79. The molecular formula is C17H18F3N5O2. The number of amides is 1. The highest BCUT2D eigenvalue weighted by Gasteiger charge is 2.32. The summed E-state index contributed by atoms with van der Waals surface area (Å²) in [6.07, 6.45) is -2.98. The van der Waals surface area contributed by atoms with Crippen LogP contribution in [0.15, 0.2) is 41.9 Å². The molecule has 0 saturated carbocycles. The van der Waals surface area contributed by atoms with E-state index in [1.54, 1.807) is 16.6 Å². The normalized spacial score (nSPS) is 17.0.